The lowest BCUT2D eigenvalue weighted by Crippen LogP contribution is -2.27. The van der Waals surface area contributed by atoms with Gasteiger partial charge < -0.3 is 10.4 Å². The molecule has 0 unspecified atom stereocenters. The van der Waals surface area contributed by atoms with Gasteiger partial charge in [-0.3, -0.25) is 4.79 Å². The SMILES string of the molecule is Cc1ccc(N(C)C(=O)C=[N+]=[N-])cc1. The second kappa shape index (κ2) is 4.35. The van der Waals surface area contributed by atoms with Crippen LogP contribution < -0.4 is 4.90 Å². The molecule has 0 aromatic heterocycles. The third-order valence-electron chi connectivity index (χ3n) is 1.92. The van der Waals surface area contributed by atoms with E-state index in [1.165, 1.54) is 4.90 Å². The van der Waals surface area contributed by atoms with Crippen molar-refractivity contribution in [1.29, 1.82) is 0 Å². The number of carbonyl (C=O) groups excluding carboxylic acids is 1. The summed E-state index contributed by atoms with van der Waals surface area (Å²) in [5, 5.41) is 0. The summed E-state index contributed by atoms with van der Waals surface area (Å²) in [7, 11) is 1.62. The third kappa shape index (κ3) is 2.28. The van der Waals surface area contributed by atoms with Gasteiger partial charge >= 0.3 is 12.1 Å². The number of hydrogen-bond acceptors (Lipinski definition) is 1. The molecule has 0 radical (unpaired) electrons. The molecule has 0 spiro atoms. The van der Waals surface area contributed by atoms with E-state index >= 15 is 0 Å². The van der Waals surface area contributed by atoms with Gasteiger partial charge in [0.2, 0.25) is 0 Å². The molecule has 0 saturated carbocycles. The number of hydrogen-bond donors (Lipinski definition) is 0. The van der Waals surface area contributed by atoms with E-state index in [-0.39, 0.29) is 5.91 Å². The van der Waals surface area contributed by atoms with Gasteiger partial charge in [0.15, 0.2) is 0 Å². The molecular weight excluding hydrogens is 178 g/mol. The van der Waals surface area contributed by atoms with Crippen molar-refractivity contribution >= 4 is 17.8 Å². The second-order valence-electron chi connectivity index (χ2n) is 2.98. The molecule has 0 aliphatic heterocycles. The number of nitrogens with zero attached hydrogens (tertiary/aromatic N) is 3. The number of carbonyl (C=O) groups is 1. The molecule has 0 fully saturated rings. The Balaban J connectivity index is 2.89. The van der Waals surface area contributed by atoms with Crippen molar-refractivity contribution in [2.45, 2.75) is 6.92 Å². The monoisotopic (exact) mass is 189 g/mol. The molecular formula is C10H11N3O. The number of anilines is 1. The minimum Gasteiger partial charge on any atom is -0.361 e. The van der Waals surface area contributed by atoms with Crippen LogP contribution in [0.4, 0.5) is 5.69 Å². The molecule has 0 saturated heterocycles. The van der Waals surface area contributed by atoms with E-state index in [4.69, 9.17) is 5.53 Å². The highest BCUT2D eigenvalue weighted by Crippen LogP contribution is 2.12. The van der Waals surface area contributed by atoms with Gasteiger partial charge in [-0.05, 0) is 19.1 Å². The Labute approximate surface area is 82.4 Å². The molecule has 0 aliphatic carbocycles. The van der Waals surface area contributed by atoms with Gasteiger partial charge in [-0.25, -0.2) is 0 Å². The van der Waals surface area contributed by atoms with Crippen LogP contribution in [-0.2, 0) is 4.79 Å². The van der Waals surface area contributed by atoms with Crippen LogP contribution >= 0.6 is 0 Å². The number of rotatable bonds is 2. The maximum Gasteiger partial charge on any atom is 0.345 e. The lowest BCUT2D eigenvalue weighted by atomic mass is 10.2. The Kier molecular flexibility index (Phi) is 3.15. The highest BCUT2D eigenvalue weighted by atomic mass is 16.2. The van der Waals surface area contributed by atoms with E-state index in [1.807, 2.05) is 31.2 Å². The van der Waals surface area contributed by atoms with Crippen LogP contribution in [0, 0.1) is 6.92 Å². The quantitative estimate of drug-likeness (QED) is 0.392. The van der Waals surface area contributed by atoms with Crippen molar-refractivity contribution < 1.29 is 9.58 Å². The molecule has 4 nitrogen and oxygen atoms in total. The summed E-state index contributed by atoms with van der Waals surface area (Å²) in [5.41, 5.74) is 10.1. The maximum absolute atomic E-state index is 11.2. The first-order valence-corrected chi connectivity index (χ1v) is 4.17. The van der Waals surface area contributed by atoms with Crippen molar-refractivity contribution in [3.8, 4) is 0 Å². The number of amides is 1. The lowest BCUT2D eigenvalue weighted by Gasteiger charge is -2.12. The van der Waals surface area contributed by atoms with Crippen molar-refractivity contribution in [2.75, 3.05) is 11.9 Å². The van der Waals surface area contributed by atoms with E-state index < -0.39 is 0 Å². The molecule has 0 heterocycles. The third-order valence-corrected chi connectivity index (χ3v) is 1.92. The first-order chi connectivity index (χ1) is 6.65. The predicted octanol–water partition coefficient (Wildman–Crippen LogP) is 1.26. The van der Waals surface area contributed by atoms with Crippen LogP contribution in [0.25, 0.3) is 5.53 Å². The minimum atomic E-state index is -0.364. The van der Waals surface area contributed by atoms with E-state index in [9.17, 15) is 4.79 Å². The summed E-state index contributed by atoms with van der Waals surface area (Å²) in [6.07, 6.45) is 0.861. The van der Waals surface area contributed by atoms with Crippen molar-refractivity contribution in [1.82, 2.24) is 0 Å². The highest BCUT2D eigenvalue weighted by molar-refractivity contribution is 6.30. The van der Waals surface area contributed by atoms with E-state index in [0.29, 0.717) is 0 Å². The van der Waals surface area contributed by atoms with Crippen LogP contribution in [0.1, 0.15) is 5.56 Å². The predicted molar refractivity (Wildman–Crippen MR) is 54.3 cm³/mol. The fraction of sp³-hybridized carbons (Fsp3) is 0.200. The topological polar surface area (TPSA) is 56.7 Å². The summed E-state index contributed by atoms with van der Waals surface area (Å²) in [6.45, 7) is 1.97. The fourth-order valence-electron chi connectivity index (χ4n) is 1.03. The first-order valence-electron chi connectivity index (χ1n) is 4.17. The average molecular weight is 189 g/mol. The molecule has 0 atom stereocenters. The maximum atomic E-state index is 11.2. The van der Waals surface area contributed by atoms with Crippen molar-refractivity contribution in [2.24, 2.45) is 0 Å². The van der Waals surface area contributed by atoms with E-state index in [1.54, 1.807) is 7.05 Å². The standard InChI is InChI=1S/C10H11N3O/c1-8-3-5-9(6-4-8)13(2)10(14)7-12-11/h3-7H,1-2H3. The van der Waals surface area contributed by atoms with Gasteiger partial charge in [-0.15, -0.1) is 0 Å². The zero-order valence-corrected chi connectivity index (χ0v) is 8.14. The van der Waals surface area contributed by atoms with Gasteiger partial charge in [0.1, 0.15) is 0 Å². The van der Waals surface area contributed by atoms with Gasteiger partial charge in [0, 0.05) is 12.7 Å². The molecule has 1 rings (SSSR count). The lowest BCUT2D eigenvalue weighted by molar-refractivity contribution is -0.115. The molecule has 4 heteroatoms. The van der Waals surface area contributed by atoms with E-state index in [0.717, 1.165) is 17.5 Å². The number of benzene rings is 1. The Bertz CT molecular complexity index is 377. The molecule has 1 aromatic rings. The minimum absolute atomic E-state index is 0.364. The fourth-order valence-corrected chi connectivity index (χ4v) is 1.03. The van der Waals surface area contributed by atoms with Crippen molar-refractivity contribution in [3.63, 3.8) is 0 Å². The average Bonchev–Trinajstić information content (AvgIpc) is 2.18. The summed E-state index contributed by atoms with van der Waals surface area (Å²) < 4.78 is 0. The summed E-state index contributed by atoms with van der Waals surface area (Å²) in [5.74, 6) is -0.364. The Hall–Kier alpha value is -1.93. The second-order valence-corrected chi connectivity index (χ2v) is 2.98. The summed E-state index contributed by atoms with van der Waals surface area (Å²) >= 11 is 0. The van der Waals surface area contributed by atoms with Gasteiger partial charge in [-0.2, -0.15) is 4.79 Å². The molecule has 0 N–H and O–H groups in total. The van der Waals surface area contributed by atoms with Crippen molar-refractivity contribution in [3.05, 3.63) is 35.4 Å². The molecule has 0 aliphatic rings. The largest absolute Gasteiger partial charge is 0.361 e. The van der Waals surface area contributed by atoms with Crippen LogP contribution in [0.2, 0.25) is 0 Å². The Morgan fingerprint density at radius 2 is 2.00 bits per heavy atom. The number of aryl methyl sites for hydroxylation is 1. The van der Waals surface area contributed by atoms with Crippen LogP contribution in [0.3, 0.4) is 0 Å². The molecule has 0 bridgehead atoms. The summed E-state index contributed by atoms with van der Waals surface area (Å²) in [4.78, 5) is 15.3. The summed E-state index contributed by atoms with van der Waals surface area (Å²) in [6, 6.07) is 7.49. The van der Waals surface area contributed by atoms with Crippen LogP contribution in [0.15, 0.2) is 24.3 Å². The molecule has 72 valence electrons. The molecule has 1 amide bonds. The van der Waals surface area contributed by atoms with Crippen LogP contribution in [0.5, 0.6) is 0 Å². The normalized spacial score (nSPS) is 9.00. The Morgan fingerprint density at radius 1 is 1.43 bits per heavy atom. The molecule has 14 heavy (non-hydrogen) atoms. The van der Waals surface area contributed by atoms with Gasteiger partial charge in [0.25, 0.3) is 0 Å². The van der Waals surface area contributed by atoms with Crippen LogP contribution in [-0.4, -0.2) is 24.0 Å². The smallest absolute Gasteiger partial charge is 0.345 e. The zero-order chi connectivity index (χ0) is 10.6. The highest BCUT2D eigenvalue weighted by Gasteiger charge is 2.10. The van der Waals surface area contributed by atoms with Gasteiger partial charge in [0.05, 0.1) is 0 Å². The first kappa shape index (κ1) is 10.2. The zero-order valence-electron chi connectivity index (χ0n) is 8.14. The van der Waals surface area contributed by atoms with E-state index in [2.05, 4.69) is 4.79 Å². The Morgan fingerprint density at radius 3 is 2.50 bits per heavy atom. The van der Waals surface area contributed by atoms with Gasteiger partial charge in [-0.1, -0.05) is 17.7 Å². The molecule has 1 aromatic carbocycles.